The van der Waals surface area contributed by atoms with Gasteiger partial charge < -0.3 is 10.6 Å². The summed E-state index contributed by atoms with van der Waals surface area (Å²) >= 11 is 0. The molecule has 2 N–H and O–H groups in total. The van der Waals surface area contributed by atoms with Crippen molar-refractivity contribution in [2.45, 2.75) is 24.9 Å². The summed E-state index contributed by atoms with van der Waals surface area (Å²) in [4.78, 5) is 13.3. The van der Waals surface area contributed by atoms with Crippen molar-refractivity contribution in [3.05, 3.63) is 18.0 Å². The smallest absolute Gasteiger partial charge is 0.222 e. The first-order chi connectivity index (χ1) is 7.11. The molecule has 2 heterocycles. The maximum Gasteiger partial charge on any atom is 0.222 e. The number of aryl methyl sites for hydroxylation is 1. The van der Waals surface area contributed by atoms with Gasteiger partial charge >= 0.3 is 0 Å². The van der Waals surface area contributed by atoms with E-state index in [1.165, 1.54) is 0 Å². The van der Waals surface area contributed by atoms with E-state index < -0.39 is 0 Å². The maximum absolute atomic E-state index is 11.6. The van der Waals surface area contributed by atoms with Crippen LogP contribution in [0.2, 0.25) is 0 Å². The molecule has 1 fully saturated rings. The number of amides is 1. The number of carbonyl (C=O) groups excluding carboxylic acids is 1. The van der Waals surface area contributed by atoms with E-state index in [9.17, 15) is 4.79 Å². The van der Waals surface area contributed by atoms with E-state index >= 15 is 0 Å². The Bertz CT molecular complexity index is 373. The number of rotatable bonds is 1. The van der Waals surface area contributed by atoms with Gasteiger partial charge in [-0.3, -0.25) is 9.48 Å². The van der Waals surface area contributed by atoms with Crippen LogP contribution in [0.3, 0.4) is 0 Å². The van der Waals surface area contributed by atoms with E-state index in [-0.39, 0.29) is 18.0 Å². The number of aromatic nitrogens is 2. The molecule has 0 saturated carbocycles. The van der Waals surface area contributed by atoms with Crippen LogP contribution in [0.1, 0.15) is 24.6 Å². The first-order valence-corrected chi connectivity index (χ1v) is 5.10. The summed E-state index contributed by atoms with van der Waals surface area (Å²) in [5.41, 5.74) is 7.05. The zero-order valence-electron chi connectivity index (χ0n) is 9.05. The maximum atomic E-state index is 11.6. The predicted octanol–water partition coefficient (Wildman–Crippen LogP) is 0.0407. The van der Waals surface area contributed by atoms with Crippen LogP contribution in [-0.4, -0.2) is 33.7 Å². The fraction of sp³-hybridized carbons (Fsp3) is 0.600. The van der Waals surface area contributed by atoms with Crippen molar-refractivity contribution in [1.29, 1.82) is 0 Å². The Morgan fingerprint density at radius 2 is 2.27 bits per heavy atom. The summed E-state index contributed by atoms with van der Waals surface area (Å²) in [5.74, 6) is 0.155. The Morgan fingerprint density at radius 1 is 1.53 bits per heavy atom. The Balaban J connectivity index is 2.33. The van der Waals surface area contributed by atoms with E-state index in [1.807, 2.05) is 13.1 Å². The lowest BCUT2D eigenvalue weighted by molar-refractivity contribution is -0.135. The Labute approximate surface area is 88.8 Å². The zero-order chi connectivity index (χ0) is 11.0. The topological polar surface area (TPSA) is 64.2 Å². The van der Waals surface area contributed by atoms with Gasteiger partial charge in [0.15, 0.2) is 0 Å². The Hall–Kier alpha value is -1.36. The number of hydrogen-bond acceptors (Lipinski definition) is 3. The molecule has 0 bridgehead atoms. The summed E-state index contributed by atoms with van der Waals surface area (Å²) in [6, 6.07) is 1.88. The molecule has 15 heavy (non-hydrogen) atoms. The molecule has 1 aliphatic rings. The van der Waals surface area contributed by atoms with Gasteiger partial charge in [-0.15, -0.1) is 0 Å². The SMILES string of the molecule is CN1C(=O)CC[C@@H](N)[C@H]1c1ccnn1C. The lowest BCUT2D eigenvalue weighted by Crippen LogP contribution is -2.47. The lowest BCUT2D eigenvalue weighted by atomic mass is 9.94. The van der Waals surface area contributed by atoms with Crippen LogP contribution in [0.4, 0.5) is 0 Å². The molecule has 1 aromatic heterocycles. The number of nitrogens with zero attached hydrogens (tertiary/aromatic N) is 3. The number of hydrogen-bond donors (Lipinski definition) is 1. The summed E-state index contributed by atoms with van der Waals surface area (Å²) in [6.07, 6.45) is 3.03. The summed E-state index contributed by atoms with van der Waals surface area (Å²) < 4.78 is 1.78. The molecule has 1 saturated heterocycles. The average molecular weight is 208 g/mol. The van der Waals surface area contributed by atoms with E-state index in [2.05, 4.69) is 5.10 Å². The van der Waals surface area contributed by atoms with Crippen LogP contribution in [0.15, 0.2) is 12.3 Å². The second kappa shape index (κ2) is 3.66. The largest absolute Gasteiger partial charge is 0.336 e. The van der Waals surface area contributed by atoms with Gasteiger partial charge in [-0.25, -0.2) is 0 Å². The molecule has 1 aliphatic heterocycles. The van der Waals surface area contributed by atoms with Gasteiger partial charge in [-0.05, 0) is 12.5 Å². The normalized spacial score (nSPS) is 27.1. The van der Waals surface area contributed by atoms with Gasteiger partial charge in [0, 0.05) is 32.8 Å². The van der Waals surface area contributed by atoms with Gasteiger partial charge in [0.05, 0.1) is 11.7 Å². The molecule has 0 aliphatic carbocycles. The fourth-order valence-electron chi connectivity index (χ4n) is 2.16. The molecule has 1 amide bonds. The lowest BCUT2D eigenvalue weighted by Gasteiger charge is -2.37. The van der Waals surface area contributed by atoms with Crippen LogP contribution >= 0.6 is 0 Å². The highest BCUT2D eigenvalue weighted by Gasteiger charge is 2.33. The first-order valence-electron chi connectivity index (χ1n) is 5.10. The summed E-state index contributed by atoms with van der Waals surface area (Å²) in [5, 5.41) is 4.11. The van der Waals surface area contributed by atoms with Crippen LogP contribution in [0, 0.1) is 0 Å². The molecule has 0 aromatic carbocycles. The van der Waals surface area contributed by atoms with Gasteiger partial charge in [0.25, 0.3) is 0 Å². The number of likely N-dealkylation sites (tertiary alicyclic amines) is 1. The van der Waals surface area contributed by atoms with E-state index in [0.29, 0.717) is 6.42 Å². The Morgan fingerprint density at radius 3 is 2.87 bits per heavy atom. The molecule has 0 spiro atoms. The third-order valence-electron chi connectivity index (χ3n) is 3.07. The molecule has 5 nitrogen and oxygen atoms in total. The highest BCUT2D eigenvalue weighted by Crippen LogP contribution is 2.28. The highest BCUT2D eigenvalue weighted by molar-refractivity contribution is 5.77. The molecular weight excluding hydrogens is 192 g/mol. The number of piperidine rings is 1. The van der Waals surface area contributed by atoms with E-state index in [0.717, 1.165) is 12.1 Å². The molecule has 5 heteroatoms. The number of nitrogens with two attached hydrogens (primary N) is 1. The minimum absolute atomic E-state index is 0.00287. The first kappa shape index (κ1) is 10.2. The Kier molecular flexibility index (Phi) is 2.48. The van der Waals surface area contributed by atoms with Crippen molar-refractivity contribution in [2.75, 3.05) is 7.05 Å². The number of carbonyl (C=O) groups is 1. The van der Waals surface area contributed by atoms with Crippen LogP contribution in [0.25, 0.3) is 0 Å². The molecule has 2 rings (SSSR count). The second-order valence-electron chi connectivity index (χ2n) is 4.03. The van der Waals surface area contributed by atoms with Crippen molar-refractivity contribution in [1.82, 2.24) is 14.7 Å². The van der Waals surface area contributed by atoms with E-state index in [1.54, 1.807) is 22.8 Å². The van der Waals surface area contributed by atoms with Crippen LogP contribution in [-0.2, 0) is 11.8 Å². The van der Waals surface area contributed by atoms with Crippen molar-refractivity contribution < 1.29 is 4.79 Å². The van der Waals surface area contributed by atoms with Crippen molar-refractivity contribution in [2.24, 2.45) is 12.8 Å². The minimum atomic E-state index is -0.0428. The molecule has 0 radical (unpaired) electrons. The molecule has 82 valence electrons. The number of likely N-dealkylation sites (N-methyl/N-ethyl adjacent to an activating group) is 1. The van der Waals surface area contributed by atoms with Crippen LogP contribution < -0.4 is 5.73 Å². The monoisotopic (exact) mass is 208 g/mol. The van der Waals surface area contributed by atoms with E-state index in [4.69, 9.17) is 5.73 Å². The van der Waals surface area contributed by atoms with Gasteiger partial charge in [-0.2, -0.15) is 5.10 Å². The van der Waals surface area contributed by atoms with Crippen molar-refractivity contribution >= 4 is 5.91 Å². The summed E-state index contributed by atoms with van der Waals surface area (Å²) in [7, 11) is 3.67. The third kappa shape index (κ3) is 1.63. The molecule has 1 aromatic rings. The van der Waals surface area contributed by atoms with Crippen molar-refractivity contribution in [3.8, 4) is 0 Å². The third-order valence-corrected chi connectivity index (χ3v) is 3.07. The standard InChI is InChI=1S/C10H16N4O/c1-13-9(15)4-3-7(11)10(13)8-5-6-12-14(8)2/h5-7,10H,3-4,11H2,1-2H3/t7-,10+/m1/s1. The van der Waals surface area contributed by atoms with Crippen molar-refractivity contribution in [3.63, 3.8) is 0 Å². The minimum Gasteiger partial charge on any atom is -0.336 e. The molecule has 2 atom stereocenters. The quantitative estimate of drug-likeness (QED) is 0.708. The van der Waals surface area contributed by atoms with Gasteiger partial charge in [0.1, 0.15) is 0 Å². The van der Waals surface area contributed by atoms with Gasteiger partial charge in [-0.1, -0.05) is 0 Å². The zero-order valence-corrected chi connectivity index (χ0v) is 9.05. The highest BCUT2D eigenvalue weighted by atomic mass is 16.2. The molecule has 0 unspecified atom stereocenters. The van der Waals surface area contributed by atoms with Crippen LogP contribution in [0.5, 0.6) is 0 Å². The second-order valence-corrected chi connectivity index (χ2v) is 4.03. The average Bonchev–Trinajstić information content (AvgIpc) is 2.60. The predicted molar refractivity (Wildman–Crippen MR) is 55.9 cm³/mol. The summed E-state index contributed by atoms with van der Waals surface area (Å²) in [6.45, 7) is 0. The fourth-order valence-corrected chi connectivity index (χ4v) is 2.16. The van der Waals surface area contributed by atoms with Gasteiger partial charge in [0.2, 0.25) is 5.91 Å². The molecular formula is C10H16N4O.